The molecule has 0 aliphatic carbocycles. The molecule has 0 amide bonds. The van der Waals surface area contributed by atoms with Crippen molar-refractivity contribution in [1.29, 1.82) is 0 Å². The van der Waals surface area contributed by atoms with Crippen LogP contribution >= 0.6 is 0 Å². The lowest BCUT2D eigenvalue weighted by Gasteiger charge is -2.08. The summed E-state index contributed by atoms with van der Waals surface area (Å²) in [5.74, 6) is -0.524. The Kier molecular flexibility index (Phi) is 2.82. The van der Waals surface area contributed by atoms with Gasteiger partial charge in [0.25, 0.3) is 0 Å². The van der Waals surface area contributed by atoms with Crippen LogP contribution in [0.5, 0.6) is 0 Å². The van der Waals surface area contributed by atoms with Crippen LogP contribution < -0.4 is 5.32 Å². The summed E-state index contributed by atoms with van der Waals surface area (Å²) in [5.41, 5.74) is 0. The van der Waals surface area contributed by atoms with Gasteiger partial charge >= 0.3 is 5.97 Å². The Labute approximate surface area is 64.9 Å². The first-order chi connectivity index (χ1) is 5.24. The number of esters is 1. The minimum Gasteiger partial charge on any atom is -0.469 e. The highest BCUT2D eigenvalue weighted by molar-refractivity contribution is 5.69. The zero-order valence-electron chi connectivity index (χ0n) is 6.47. The predicted octanol–water partition coefficient (Wildman–Crippen LogP) is 0.107. The first-order valence-corrected chi connectivity index (χ1v) is 3.65. The molecule has 1 rings (SSSR count). The van der Waals surface area contributed by atoms with Crippen molar-refractivity contribution >= 4 is 5.97 Å². The Morgan fingerprint density at radius 2 is 2.45 bits per heavy atom. The van der Waals surface area contributed by atoms with Gasteiger partial charge in [-0.15, -0.1) is 0 Å². The molecule has 0 bridgehead atoms. The van der Waals surface area contributed by atoms with Crippen molar-refractivity contribution in [3.63, 3.8) is 0 Å². The number of ether oxygens (including phenoxy) is 1. The zero-order valence-corrected chi connectivity index (χ0v) is 6.47. The van der Waals surface area contributed by atoms with Crippen LogP contribution in [-0.4, -0.2) is 32.3 Å². The summed E-state index contributed by atoms with van der Waals surface area (Å²) >= 11 is 0. The molecular formula is C7H12FNO2. The van der Waals surface area contributed by atoms with E-state index in [-0.39, 0.29) is 18.3 Å². The van der Waals surface area contributed by atoms with Crippen molar-refractivity contribution in [2.45, 2.75) is 12.6 Å². The molecule has 0 aromatic heterocycles. The minimum absolute atomic E-state index is 0.185. The van der Waals surface area contributed by atoms with Crippen LogP contribution in [0.2, 0.25) is 0 Å². The first-order valence-electron chi connectivity index (χ1n) is 3.65. The molecule has 1 N–H and O–H groups in total. The predicted molar refractivity (Wildman–Crippen MR) is 37.9 cm³/mol. The normalized spacial score (nSPS) is 30.4. The molecule has 0 spiro atoms. The van der Waals surface area contributed by atoms with E-state index < -0.39 is 6.17 Å². The topological polar surface area (TPSA) is 38.3 Å². The molecule has 1 fully saturated rings. The van der Waals surface area contributed by atoms with Gasteiger partial charge in [0.15, 0.2) is 0 Å². The Morgan fingerprint density at radius 3 is 2.91 bits per heavy atom. The SMILES string of the molecule is COC(=O)C[C@@H]1CNC[C@H]1F. The molecule has 4 heteroatoms. The van der Waals surface area contributed by atoms with Crippen molar-refractivity contribution in [1.82, 2.24) is 5.32 Å². The highest BCUT2D eigenvalue weighted by Gasteiger charge is 2.28. The fourth-order valence-electron chi connectivity index (χ4n) is 1.20. The Morgan fingerprint density at radius 1 is 1.73 bits per heavy atom. The zero-order chi connectivity index (χ0) is 8.27. The standard InChI is InChI=1S/C7H12FNO2/c1-11-7(10)2-5-3-9-4-6(5)8/h5-6,9H,2-4H2,1H3/t5-,6-/m1/s1. The molecule has 3 nitrogen and oxygen atoms in total. The third-order valence-electron chi connectivity index (χ3n) is 1.91. The maximum Gasteiger partial charge on any atom is 0.305 e. The number of rotatable bonds is 2. The molecule has 1 saturated heterocycles. The molecule has 1 heterocycles. The average molecular weight is 161 g/mol. The fraction of sp³-hybridized carbons (Fsp3) is 0.857. The summed E-state index contributed by atoms with van der Waals surface area (Å²) in [4.78, 5) is 10.7. The molecule has 11 heavy (non-hydrogen) atoms. The molecular weight excluding hydrogens is 149 g/mol. The number of carbonyl (C=O) groups excluding carboxylic acids is 1. The first kappa shape index (κ1) is 8.46. The maximum atomic E-state index is 12.8. The lowest BCUT2D eigenvalue weighted by Crippen LogP contribution is -2.18. The van der Waals surface area contributed by atoms with Crippen LogP contribution in [0, 0.1) is 5.92 Å². The van der Waals surface area contributed by atoms with Gasteiger partial charge in [0.2, 0.25) is 0 Å². The van der Waals surface area contributed by atoms with Crippen LogP contribution in [-0.2, 0) is 9.53 Å². The Hall–Kier alpha value is -0.640. The minimum atomic E-state index is -0.894. The van der Waals surface area contributed by atoms with E-state index in [1.165, 1.54) is 7.11 Å². The van der Waals surface area contributed by atoms with Gasteiger partial charge in [-0.3, -0.25) is 4.79 Å². The van der Waals surface area contributed by atoms with Crippen LogP contribution in [0.4, 0.5) is 4.39 Å². The van der Waals surface area contributed by atoms with Crippen molar-refractivity contribution in [2.75, 3.05) is 20.2 Å². The third kappa shape index (κ3) is 2.15. The molecule has 64 valence electrons. The third-order valence-corrected chi connectivity index (χ3v) is 1.91. The largest absolute Gasteiger partial charge is 0.469 e. The van der Waals surface area contributed by atoms with E-state index in [1.54, 1.807) is 0 Å². The second-order valence-electron chi connectivity index (χ2n) is 2.71. The quantitative estimate of drug-likeness (QED) is 0.584. The van der Waals surface area contributed by atoms with Gasteiger partial charge < -0.3 is 10.1 Å². The Bertz CT molecular complexity index is 151. The molecule has 1 aliphatic heterocycles. The lowest BCUT2D eigenvalue weighted by molar-refractivity contribution is -0.142. The summed E-state index contributed by atoms with van der Waals surface area (Å²) in [6, 6.07) is 0. The van der Waals surface area contributed by atoms with Crippen molar-refractivity contribution in [3.8, 4) is 0 Å². The Balaban J connectivity index is 2.30. The second kappa shape index (κ2) is 3.67. The lowest BCUT2D eigenvalue weighted by atomic mass is 10.0. The summed E-state index contributed by atoms with van der Waals surface area (Å²) < 4.78 is 17.2. The molecule has 0 aromatic carbocycles. The van der Waals surface area contributed by atoms with E-state index in [0.29, 0.717) is 13.1 Å². The molecule has 0 saturated carbocycles. The molecule has 0 radical (unpaired) electrons. The van der Waals surface area contributed by atoms with E-state index >= 15 is 0 Å². The number of alkyl halides is 1. The van der Waals surface area contributed by atoms with E-state index in [9.17, 15) is 9.18 Å². The summed E-state index contributed by atoms with van der Waals surface area (Å²) in [7, 11) is 1.32. The molecule has 0 aromatic rings. The summed E-state index contributed by atoms with van der Waals surface area (Å²) in [5, 5.41) is 2.87. The number of nitrogens with one attached hydrogen (secondary N) is 1. The smallest absolute Gasteiger partial charge is 0.305 e. The summed E-state index contributed by atoms with van der Waals surface area (Å²) in [6.45, 7) is 0.942. The van der Waals surface area contributed by atoms with Gasteiger partial charge in [-0.05, 0) is 0 Å². The van der Waals surface area contributed by atoms with Crippen molar-refractivity contribution < 1.29 is 13.9 Å². The van der Waals surface area contributed by atoms with E-state index in [0.717, 1.165) is 0 Å². The fourth-order valence-corrected chi connectivity index (χ4v) is 1.20. The molecule has 2 atom stereocenters. The number of hydrogen-bond acceptors (Lipinski definition) is 3. The van der Waals surface area contributed by atoms with E-state index in [4.69, 9.17) is 0 Å². The molecule has 0 unspecified atom stereocenters. The van der Waals surface area contributed by atoms with Gasteiger partial charge in [0, 0.05) is 19.0 Å². The van der Waals surface area contributed by atoms with Gasteiger partial charge in [0.1, 0.15) is 6.17 Å². The highest BCUT2D eigenvalue weighted by atomic mass is 19.1. The van der Waals surface area contributed by atoms with Gasteiger partial charge in [-0.25, -0.2) is 4.39 Å². The second-order valence-corrected chi connectivity index (χ2v) is 2.71. The monoisotopic (exact) mass is 161 g/mol. The van der Waals surface area contributed by atoms with Crippen LogP contribution in [0.1, 0.15) is 6.42 Å². The van der Waals surface area contributed by atoms with E-state index in [2.05, 4.69) is 10.1 Å². The number of methoxy groups -OCH3 is 1. The summed E-state index contributed by atoms with van der Waals surface area (Å²) in [6.07, 6.45) is -0.709. The number of carbonyl (C=O) groups is 1. The van der Waals surface area contributed by atoms with E-state index in [1.807, 2.05) is 0 Å². The number of halogens is 1. The van der Waals surface area contributed by atoms with Crippen LogP contribution in [0.25, 0.3) is 0 Å². The highest BCUT2D eigenvalue weighted by Crippen LogP contribution is 2.16. The van der Waals surface area contributed by atoms with Crippen LogP contribution in [0.3, 0.4) is 0 Å². The van der Waals surface area contributed by atoms with Gasteiger partial charge in [-0.1, -0.05) is 0 Å². The van der Waals surface area contributed by atoms with Crippen LogP contribution in [0.15, 0.2) is 0 Å². The maximum absolute atomic E-state index is 12.8. The van der Waals surface area contributed by atoms with Crippen molar-refractivity contribution in [3.05, 3.63) is 0 Å². The van der Waals surface area contributed by atoms with Gasteiger partial charge in [-0.2, -0.15) is 0 Å². The van der Waals surface area contributed by atoms with Gasteiger partial charge in [0.05, 0.1) is 13.5 Å². The van der Waals surface area contributed by atoms with Crippen molar-refractivity contribution in [2.24, 2.45) is 5.92 Å². The average Bonchev–Trinajstić information content (AvgIpc) is 2.37. The molecule has 1 aliphatic rings. The number of hydrogen-bond donors (Lipinski definition) is 1.